The van der Waals surface area contributed by atoms with E-state index in [1.165, 1.54) is 7.11 Å². The molecule has 0 spiro atoms. The maximum atomic E-state index is 11.5. The van der Waals surface area contributed by atoms with E-state index >= 15 is 0 Å². The van der Waals surface area contributed by atoms with E-state index in [1.54, 1.807) is 0 Å². The van der Waals surface area contributed by atoms with E-state index in [1.807, 2.05) is 19.3 Å². The summed E-state index contributed by atoms with van der Waals surface area (Å²) in [5.41, 5.74) is 0.556. The summed E-state index contributed by atoms with van der Waals surface area (Å²) in [6.45, 7) is 4.26. The molecule has 1 aromatic heterocycles. The van der Waals surface area contributed by atoms with Gasteiger partial charge in [0.1, 0.15) is 5.35 Å². The number of rotatable bonds is 4. The van der Waals surface area contributed by atoms with E-state index in [-0.39, 0.29) is 17.3 Å². The molecule has 0 amide bonds. The fourth-order valence-electron chi connectivity index (χ4n) is 2.12. The van der Waals surface area contributed by atoms with Crippen LogP contribution in [0.2, 0.25) is 0 Å². The molecule has 20 heavy (non-hydrogen) atoms. The molecule has 0 unspecified atom stereocenters. The van der Waals surface area contributed by atoms with Gasteiger partial charge in [-0.15, -0.1) is 0 Å². The Kier molecular flexibility index (Phi) is 3.92. The van der Waals surface area contributed by atoms with Crippen molar-refractivity contribution in [2.24, 2.45) is 10.4 Å². The van der Waals surface area contributed by atoms with Crippen LogP contribution in [-0.4, -0.2) is 36.1 Å². The van der Waals surface area contributed by atoms with Crippen LogP contribution in [0.15, 0.2) is 17.3 Å². The van der Waals surface area contributed by atoms with Gasteiger partial charge in [0, 0.05) is 12.5 Å². The van der Waals surface area contributed by atoms with E-state index in [0.29, 0.717) is 5.49 Å². The third-order valence-electron chi connectivity index (χ3n) is 3.45. The third kappa shape index (κ3) is 2.74. The summed E-state index contributed by atoms with van der Waals surface area (Å²) in [6.07, 6.45) is 6.81. The van der Waals surface area contributed by atoms with E-state index < -0.39 is 5.97 Å². The van der Waals surface area contributed by atoms with Crippen molar-refractivity contribution in [2.75, 3.05) is 14.2 Å². The Labute approximate surface area is 117 Å². The molecule has 0 bridgehead atoms. The van der Waals surface area contributed by atoms with E-state index in [2.05, 4.69) is 44.9 Å². The number of nitrogens with zero attached hydrogens (tertiary/aromatic N) is 2. The molecule has 1 aromatic rings. The summed E-state index contributed by atoms with van der Waals surface area (Å²) in [5, 5.41) is 3.71. The predicted molar refractivity (Wildman–Crippen MR) is 75.6 cm³/mol. The van der Waals surface area contributed by atoms with Gasteiger partial charge in [-0.25, -0.2) is 9.78 Å². The Morgan fingerprint density at radius 1 is 1.60 bits per heavy atom. The Morgan fingerprint density at radius 2 is 2.35 bits per heavy atom. The number of aromatic amines is 1. The van der Waals surface area contributed by atoms with E-state index in [0.717, 1.165) is 11.8 Å². The van der Waals surface area contributed by atoms with Gasteiger partial charge in [0.2, 0.25) is 5.82 Å². The number of imidazole rings is 1. The van der Waals surface area contributed by atoms with Crippen molar-refractivity contribution in [2.45, 2.75) is 26.3 Å². The van der Waals surface area contributed by atoms with Gasteiger partial charge in [0.05, 0.1) is 13.2 Å². The topological polar surface area (TPSA) is 79.4 Å². The Hall–Kier alpha value is -2.11. The van der Waals surface area contributed by atoms with Gasteiger partial charge in [-0.2, -0.15) is 0 Å². The van der Waals surface area contributed by atoms with Crippen LogP contribution in [0.1, 0.15) is 30.9 Å². The summed E-state index contributed by atoms with van der Waals surface area (Å²) in [7, 11) is 3.20. The number of fused-ring (bicyclic) bond motifs is 1. The molecule has 0 aromatic carbocycles. The fourth-order valence-corrected chi connectivity index (χ4v) is 2.12. The van der Waals surface area contributed by atoms with Crippen molar-refractivity contribution >= 4 is 12.0 Å². The molecule has 6 nitrogen and oxygen atoms in total. The minimum atomic E-state index is -0.478. The van der Waals surface area contributed by atoms with Gasteiger partial charge in [0.15, 0.2) is 5.49 Å². The van der Waals surface area contributed by atoms with Crippen molar-refractivity contribution in [3.8, 4) is 0 Å². The first kappa shape index (κ1) is 14.3. The normalized spacial score (nSPS) is 18.1. The van der Waals surface area contributed by atoms with Gasteiger partial charge in [-0.1, -0.05) is 26.0 Å². The van der Waals surface area contributed by atoms with E-state index in [9.17, 15) is 4.79 Å². The van der Waals surface area contributed by atoms with Crippen LogP contribution in [0.5, 0.6) is 0 Å². The highest BCUT2D eigenvalue weighted by atomic mass is 16.5. The average Bonchev–Trinajstić information content (AvgIpc) is 2.87. The molecule has 0 aliphatic carbocycles. The Balaban J connectivity index is 2.34. The van der Waals surface area contributed by atoms with Crippen LogP contribution in [0.4, 0.5) is 0 Å². The first-order chi connectivity index (χ1) is 9.47. The quantitative estimate of drug-likeness (QED) is 0.766. The third-order valence-corrected chi connectivity index (χ3v) is 3.45. The van der Waals surface area contributed by atoms with Gasteiger partial charge < -0.3 is 15.0 Å². The van der Waals surface area contributed by atoms with Crippen LogP contribution in [0.3, 0.4) is 0 Å². The van der Waals surface area contributed by atoms with Crippen LogP contribution in [-0.2, 0) is 4.74 Å². The SMILES string of the molecule is CN/C=C\C(C)(C)[C@H]1CC=c2nc(C(=O)OC)[nH]c2=N1. The lowest BCUT2D eigenvalue weighted by molar-refractivity contribution is 0.0587. The molecule has 0 fully saturated rings. The molecule has 1 atom stereocenters. The number of aromatic nitrogens is 2. The molecule has 6 heteroatoms. The van der Waals surface area contributed by atoms with E-state index in [4.69, 9.17) is 0 Å². The molecule has 0 radical (unpaired) electrons. The lowest BCUT2D eigenvalue weighted by Crippen LogP contribution is -2.37. The lowest BCUT2D eigenvalue weighted by atomic mass is 9.82. The number of carbonyl (C=O) groups excluding carboxylic acids is 1. The molecule has 2 rings (SSSR count). The van der Waals surface area contributed by atoms with Crippen molar-refractivity contribution in [1.82, 2.24) is 15.3 Å². The molecule has 2 N–H and O–H groups in total. The highest BCUT2D eigenvalue weighted by molar-refractivity contribution is 5.84. The first-order valence-corrected chi connectivity index (χ1v) is 6.55. The summed E-state index contributed by atoms with van der Waals surface area (Å²) >= 11 is 0. The first-order valence-electron chi connectivity index (χ1n) is 6.55. The highest BCUT2D eigenvalue weighted by Crippen LogP contribution is 2.28. The fraction of sp³-hybridized carbons (Fsp3) is 0.500. The monoisotopic (exact) mass is 276 g/mol. The minimum absolute atomic E-state index is 0.0895. The number of hydrogen-bond acceptors (Lipinski definition) is 5. The maximum absolute atomic E-state index is 11.5. The number of H-pyrrole nitrogens is 1. The van der Waals surface area contributed by atoms with Gasteiger partial charge in [-0.3, -0.25) is 4.99 Å². The molecule has 2 heterocycles. The number of hydrogen-bond donors (Lipinski definition) is 2. The highest BCUT2D eigenvalue weighted by Gasteiger charge is 2.27. The second kappa shape index (κ2) is 5.48. The predicted octanol–water partition coefficient (Wildman–Crippen LogP) is 0.128. The summed E-state index contributed by atoms with van der Waals surface area (Å²) in [5.74, 6) is -0.282. The molecule has 0 saturated carbocycles. The average molecular weight is 276 g/mol. The summed E-state index contributed by atoms with van der Waals surface area (Å²) in [4.78, 5) is 23.2. The van der Waals surface area contributed by atoms with Crippen LogP contribution < -0.4 is 16.2 Å². The maximum Gasteiger partial charge on any atom is 0.374 e. The number of methoxy groups -OCH3 is 1. The van der Waals surface area contributed by atoms with Crippen LogP contribution in [0.25, 0.3) is 6.08 Å². The second-order valence-electron chi connectivity index (χ2n) is 5.34. The van der Waals surface area contributed by atoms with Gasteiger partial charge in [-0.05, 0) is 12.6 Å². The number of ether oxygens (including phenoxy) is 1. The minimum Gasteiger partial charge on any atom is -0.463 e. The van der Waals surface area contributed by atoms with Crippen molar-refractivity contribution in [3.63, 3.8) is 0 Å². The zero-order valence-corrected chi connectivity index (χ0v) is 12.2. The number of esters is 1. The summed E-state index contributed by atoms with van der Waals surface area (Å²) < 4.78 is 4.65. The zero-order chi connectivity index (χ0) is 14.8. The molecular formula is C14H20N4O2. The largest absolute Gasteiger partial charge is 0.463 e. The van der Waals surface area contributed by atoms with Gasteiger partial charge in [0.25, 0.3) is 0 Å². The molecule has 1 aliphatic heterocycles. The zero-order valence-electron chi connectivity index (χ0n) is 12.2. The van der Waals surface area contributed by atoms with Crippen LogP contribution in [0, 0.1) is 5.41 Å². The van der Waals surface area contributed by atoms with Crippen molar-refractivity contribution in [1.29, 1.82) is 0 Å². The van der Waals surface area contributed by atoms with Crippen molar-refractivity contribution < 1.29 is 9.53 Å². The number of nitrogens with one attached hydrogen (secondary N) is 2. The summed E-state index contributed by atoms with van der Waals surface area (Å²) in [6, 6.07) is 0.102. The second-order valence-corrected chi connectivity index (χ2v) is 5.34. The number of carbonyl (C=O) groups is 1. The molecular weight excluding hydrogens is 256 g/mol. The standard InChI is InChI=1S/C14H20N4O2/c1-14(2,7-8-15-3)10-6-5-9-11(17-10)18-12(16-9)13(19)20-4/h5,7-8,10,15H,6H2,1-4H3,(H,16,17,18)/b8-7-/t10-/m1/s1. The molecule has 108 valence electrons. The molecule has 1 aliphatic rings. The Morgan fingerprint density at radius 3 is 3.00 bits per heavy atom. The molecule has 0 saturated heterocycles. The smallest absolute Gasteiger partial charge is 0.374 e. The lowest BCUT2D eigenvalue weighted by Gasteiger charge is -2.28. The van der Waals surface area contributed by atoms with Gasteiger partial charge >= 0.3 is 5.97 Å². The van der Waals surface area contributed by atoms with Crippen molar-refractivity contribution in [3.05, 3.63) is 28.9 Å². The Bertz CT molecular complexity index is 643. The van der Waals surface area contributed by atoms with Crippen LogP contribution >= 0.6 is 0 Å².